The minimum atomic E-state index is -0.500. The Kier molecular flexibility index (Phi) is 4.02. The van der Waals surface area contributed by atoms with Crippen molar-refractivity contribution in [1.82, 2.24) is 15.1 Å². The molecule has 1 aromatic rings. The molecule has 0 saturated heterocycles. The molecule has 0 radical (unpaired) electrons. The highest BCUT2D eigenvalue weighted by Gasteiger charge is 2.61. The van der Waals surface area contributed by atoms with Gasteiger partial charge in [-0.2, -0.15) is 10.4 Å². The van der Waals surface area contributed by atoms with Crippen LogP contribution < -0.4 is 10.9 Å². The van der Waals surface area contributed by atoms with Gasteiger partial charge in [0.1, 0.15) is 18.2 Å². The predicted octanol–water partition coefficient (Wildman–Crippen LogP) is 2.06. The predicted molar refractivity (Wildman–Crippen MR) is 93.8 cm³/mol. The molecule has 6 nitrogen and oxygen atoms in total. The monoisotopic (exact) mass is 342 g/mol. The Morgan fingerprint density at radius 1 is 1.40 bits per heavy atom. The molecular weight excluding hydrogens is 316 g/mol. The Labute approximate surface area is 148 Å². The van der Waals surface area contributed by atoms with Crippen LogP contribution in [0.1, 0.15) is 56.9 Å². The van der Waals surface area contributed by atoms with Crippen LogP contribution in [0.5, 0.6) is 0 Å². The third-order valence-electron chi connectivity index (χ3n) is 7.17. The molecule has 1 N–H and O–H groups in total. The SMILES string of the molecule is Cc1nn(CC(=O)NC2CC3CCC2(C)C3(C)C)c(=O)c(C#N)c1C. The van der Waals surface area contributed by atoms with Crippen molar-refractivity contribution < 1.29 is 4.79 Å². The number of hydrogen-bond acceptors (Lipinski definition) is 4. The van der Waals surface area contributed by atoms with Crippen LogP contribution >= 0.6 is 0 Å². The molecule has 3 unspecified atom stereocenters. The minimum absolute atomic E-state index is 0.0633. The summed E-state index contributed by atoms with van der Waals surface area (Å²) in [6, 6.07) is 2.06. The molecule has 6 heteroatoms. The average molecular weight is 342 g/mol. The lowest BCUT2D eigenvalue weighted by Crippen LogP contribution is -2.48. The Bertz CT molecular complexity index is 833. The van der Waals surface area contributed by atoms with E-state index in [1.807, 2.05) is 6.07 Å². The number of aromatic nitrogens is 2. The van der Waals surface area contributed by atoms with Crippen LogP contribution in [0, 0.1) is 41.9 Å². The van der Waals surface area contributed by atoms with E-state index in [0.717, 1.165) is 17.5 Å². The number of aryl methyl sites for hydroxylation is 1. The molecule has 134 valence electrons. The van der Waals surface area contributed by atoms with Crippen molar-refractivity contribution in [2.45, 2.75) is 66.5 Å². The molecule has 1 amide bonds. The summed E-state index contributed by atoms with van der Waals surface area (Å²) in [6.45, 7) is 10.1. The van der Waals surface area contributed by atoms with Crippen LogP contribution in [0.3, 0.4) is 0 Å². The van der Waals surface area contributed by atoms with Gasteiger partial charge in [-0.05, 0) is 55.4 Å². The number of nitrogens with zero attached hydrogens (tertiary/aromatic N) is 3. The Morgan fingerprint density at radius 3 is 2.60 bits per heavy atom. The van der Waals surface area contributed by atoms with Crippen molar-refractivity contribution in [1.29, 1.82) is 5.26 Å². The number of hydrogen-bond donors (Lipinski definition) is 1. The molecule has 0 aromatic carbocycles. The van der Waals surface area contributed by atoms with E-state index in [4.69, 9.17) is 0 Å². The molecule has 1 aromatic heterocycles. The van der Waals surface area contributed by atoms with Crippen LogP contribution in [0.15, 0.2) is 4.79 Å². The molecule has 0 spiro atoms. The standard InChI is InChI=1S/C19H26N4O2/c1-11-12(2)22-23(17(25)14(11)9-20)10-16(24)21-15-8-13-6-7-19(15,5)18(13,3)4/h13,15H,6-8,10H2,1-5H3,(H,21,24). The first-order valence-electron chi connectivity index (χ1n) is 8.89. The lowest BCUT2D eigenvalue weighted by Gasteiger charge is -2.39. The zero-order valence-corrected chi connectivity index (χ0v) is 15.6. The quantitative estimate of drug-likeness (QED) is 0.911. The second-order valence-corrected chi connectivity index (χ2v) is 8.39. The van der Waals surface area contributed by atoms with E-state index < -0.39 is 5.56 Å². The van der Waals surface area contributed by atoms with Crippen molar-refractivity contribution in [3.63, 3.8) is 0 Å². The number of amides is 1. The lowest BCUT2D eigenvalue weighted by atomic mass is 9.69. The second-order valence-electron chi connectivity index (χ2n) is 8.39. The van der Waals surface area contributed by atoms with E-state index in [1.54, 1.807) is 13.8 Å². The summed E-state index contributed by atoms with van der Waals surface area (Å²) in [5, 5.41) is 16.5. The molecule has 2 aliphatic rings. The summed E-state index contributed by atoms with van der Waals surface area (Å²) in [4.78, 5) is 24.9. The maximum absolute atomic E-state index is 12.6. The van der Waals surface area contributed by atoms with Crippen LogP contribution in [-0.4, -0.2) is 21.7 Å². The topological polar surface area (TPSA) is 87.8 Å². The minimum Gasteiger partial charge on any atom is -0.351 e. The number of nitrogens with one attached hydrogen (secondary N) is 1. The summed E-state index contributed by atoms with van der Waals surface area (Å²) < 4.78 is 1.11. The zero-order valence-electron chi connectivity index (χ0n) is 15.6. The fraction of sp³-hybridized carbons (Fsp3) is 0.684. The molecule has 0 aliphatic heterocycles. The average Bonchev–Trinajstić information content (AvgIpc) is 2.86. The van der Waals surface area contributed by atoms with E-state index in [1.165, 1.54) is 6.42 Å². The van der Waals surface area contributed by atoms with Crippen molar-refractivity contribution in [3.05, 3.63) is 27.2 Å². The molecular formula is C19H26N4O2. The highest BCUT2D eigenvalue weighted by Crippen LogP contribution is 2.65. The van der Waals surface area contributed by atoms with E-state index in [0.29, 0.717) is 17.2 Å². The van der Waals surface area contributed by atoms with Gasteiger partial charge in [0.15, 0.2) is 0 Å². The van der Waals surface area contributed by atoms with Gasteiger partial charge < -0.3 is 5.32 Å². The van der Waals surface area contributed by atoms with Gasteiger partial charge in [0.05, 0.1) is 5.69 Å². The van der Waals surface area contributed by atoms with Crippen molar-refractivity contribution >= 4 is 5.91 Å². The zero-order chi connectivity index (χ0) is 18.6. The van der Waals surface area contributed by atoms with E-state index >= 15 is 0 Å². The Morgan fingerprint density at radius 2 is 2.08 bits per heavy atom. The smallest absolute Gasteiger partial charge is 0.285 e. The lowest BCUT2D eigenvalue weighted by molar-refractivity contribution is -0.123. The number of carbonyl (C=O) groups is 1. The Balaban J connectivity index is 1.78. The third-order valence-corrected chi connectivity index (χ3v) is 7.17. The van der Waals surface area contributed by atoms with E-state index in [2.05, 4.69) is 31.2 Å². The van der Waals surface area contributed by atoms with Gasteiger partial charge in [0, 0.05) is 6.04 Å². The molecule has 2 aliphatic carbocycles. The van der Waals surface area contributed by atoms with Gasteiger partial charge >= 0.3 is 0 Å². The largest absolute Gasteiger partial charge is 0.351 e. The first-order valence-corrected chi connectivity index (χ1v) is 8.89. The van der Waals surface area contributed by atoms with Gasteiger partial charge in [-0.3, -0.25) is 9.59 Å². The number of fused-ring (bicyclic) bond motifs is 2. The molecule has 2 bridgehead atoms. The van der Waals surface area contributed by atoms with Crippen LogP contribution in [-0.2, 0) is 11.3 Å². The number of rotatable bonds is 3. The highest BCUT2D eigenvalue weighted by atomic mass is 16.2. The summed E-state index contributed by atoms with van der Waals surface area (Å²) in [5.41, 5.74) is 1.04. The fourth-order valence-electron chi connectivity index (χ4n) is 4.81. The van der Waals surface area contributed by atoms with Crippen LogP contribution in [0.4, 0.5) is 0 Å². The van der Waals surface area contributed by atoms with Gasteiger partial charge in [-0.1, -0.05) is 20.8 Å². The fourth-order valence-corrected chi connectivity index (χ4v) is 4.81. The van der Waals surface area contributed by atoms with Gasteiger partial charge in [0.2, 0.25) is 5.91 Å². The molecule has 1 heterocycles. The molecule has 2 saturated carbocycles. The Hall–Kier alpha value is -2.16. The third kappa shape index (κ3) is 2.48. The van der Waals surface area contributed by atoms with E-state index in [-0.39, 0.29) is 34.9 Å². The normalized spacial score (nSPS) is 29.4. The van der Waals surface area contributed by atoms with Crippen molar-refractivity contribution in [2.24, 2.45) is 16.7 Å². The summed E-state index contributed by atoms with van der Waals surface area (Å²) in [7, 11) is 0. The van der Waals surface area contributed by atoms with Crippen LogP contribution in [0.2, 0.25) is 0 Å². The second kappa shape index (κ2) is 5.69. The van der Waals surface area contributed by atoms with Crippen molar-refractivity contribution in [2.75, 3.05) is 0 Å². The summed E-state index contributed by atoms with van der Waals surface area (Å²) in [6.07, 6.45) is 3.34. The molecule has 2 fully saturated rings. The van der Waals surface area contributed by atoms with Gasteiger partial charge in [-0.15, -0.1) is 0 Å². The first kappa shape index (κ1) is 17.7. The maximum Gasteiger partial charge on any atom is 0.285 e. The number of carbonyl (C=O) groups excluding carboxylic acids is 1. The molecule has 3 rings (SSSR count). The summed E-state index contributed by atoms with van der Waals surface area (Å²) in [5.74, 6) is 0.423. The van der Waals surface area contributed by atoms with Crippen LogP contribution in [0.25, 0.3) is 0 Å². The van der Waals surface area contributed by atoms with E-state index in [9.17, 15) is 14.9 Å². The van der Waals surface area contributed by atoms with Gasteiger partial charge in [0.25, 0.3) is 5.56 Å². The molecule has 3 atom stereocenters. The molecule has 25 heavy (non-hydrogen) atoms. The van der Waals surface area contributed by atoms with Gasteiger partial charge in [-0.25, -0.2) is 4.68 Å². The maximum atomic E-state index is 12.6. The number of nitriles is 1. The van der Waals surface area contributed by atoms with Crippen molar-refractivity contribution in [3.8, 4) is 6.07 Å². The highest BCUT2D eigenvalue weighted by molar-refractivity contribution is 5.76. The summed E-state index contributed by atoms with van der Waals surface area (Å²) >= 11 is 0. The first-order chi connectivity index (χ1) is 11.6.